The molecule has 0 spiro atoms. The average molecular weight is 300 g/mol. The predicted molar refractivity (Wildman–Crippen MR) is 79.1 cm³/mol. The first-order valence-corrected chi connectivity index (χ1v) is 7.14. The summed E-state index contributed by atoms with van der Waals surface area (Å²) in [4.78, 5) is 24.2. The summed E-state index contributed by atoms with van der Waals surface area (Å²) in [7, 11) is 0. The van der Waals surface area contributed by atoms with Crippen LogP contribution in [0.1, 0.15) is 12.0 Å². The van der Waals surface area contributed by atoms with Gasteiger partial charge < -0.3 is 4.90 Å². The van der Waals surface area contributed by atoms with E-state index in [1.807, 2.05) is 23.1 Å². The Labute approximate surface area is 127 Å². The Balaban J connectivity index is 1.59. The molecule has 1 aromatic carbocycles. The molecule has 1 aromatic heterocycles. The van der Waals surface area contributed by atoms with Gasteiger partial charge in [-0.3, -0.25) is 19.6 Å². The van der Waals surface area contributed by atoms with Crippen molar-refractivity contribution in [3.05, 3.63) is 58.4 Å². The molecule has 0 N–H and O–H groups in total. The standard InChI is InChI=1S/C15H16N4O3/c20-15(11-17-10-14(9-16-17)19(21)22)18-7-6-13(18)8-12-4-2-1-3-5-12/h1-5,9-10,13H,6-8,11H2. The van der Waals surface area contributed by atoms with Crippen LogP contribution in [-0.4, -0.2) is 38.1 Å². The molecule has 0 saturated carbocycles. The fourth-order valence-corrected chi connectivity index (χ4v) is 2.63. The lowest BCUT2D eigenvalue weighted by atomic mass is 9.95. The Bertz CT molecular complexity index is 683. The molecular weight excluding hydrogens is 284 g/mol. The molecule has 2 aromatic rings. The van der Waals surface area contributed by atoms with Crippen LogP contribution in [0.25, 0.3) is 0 Å². The molecule has 1 aliphatic heterocycles. The Kier molecular flexibility index (Phi) is 3.86. The highest BCUT2D eigenvalue weighted by atomic mass is 16.6. The van der Waals surface area contributed by atoms with Crippen LogP contribution in [0.15, 0.2) is 42.7 Å². The van der Waals surface area contributed by atoms with E-state index in [9.17, 15) is 14.9 Å². The highest BCUT2D eigenvalue weighted by molar-refractivity contribution is 5.77. The number of nitrogens with zero attached hydrogens (tertiary/aromatic N) is 4. The van der Waals surface area contributed by atoms with Crippen LogP contribution < -0.4 is 0 Å². The zero-order valence-electron chi connectivity index (χ0n) is 12.0. The number of aromatic nitrogens is 2. The average Bonchev–Trinajstić information content (AvgIpc) is 2.93. The summed E-state index contributed by atoms with van der Waals surface area (Å²) in [6.45, 7) is 0.777. The van der Waals surface area contributed by atoms with Crippen molar-refractivity contribution in [1.82, 2.24) is 14.7 Å². The van der Waals surface area contributed by atoms with E-state index >= 15 is 0 Å². The maximum atomic E-state index is 12.3. The normalized spacial score (nSPS) is 17.1. The molecule has 0 aliphatic carbocycles. The van der Waals surface area contributed by atoms with Gasteiger partial charge in [0.1, 0.15) is 18.9 Å². The van der Waals surface area contributed by atoms with Crippen molar-refractivity contribution in [2.45, 2.75) is 25.4 Å². The predicted octanol–water partition coefficient (Wildman–Crippen LogP) is 1.63. The van der Waals surface area contributed by atoms with E-state index in [0.717, 1.165) is 25.6 Å². The first kappa shape index (κ1) is 14.2. The van der Waals surface area contributed by atoms with Crippen molar-refractivity contribution < 1.29 is 9.72 Å². The SMILES string of the molecule is O=C(Cn1cc([N+](=O)[O-])cn1)N1CCC1Cc1ccccc1. The number of nitro groups is 1. The van der Waals surface area contributed by atoms with Crippen molar-refractivity contribution in [2.75, 3.05) is 6.54 Å². The van der Waals surface area contributed by atoms with Gasteiger partial charge in [-0.25, -0.2) is 0 Å². The Morgan fingerprint density at radius 1 is 1.36 bits per heavy atom. The maximum Gasteiger partial charge on any atom is 0.307 e. The lowest BCUT2D eigenvalue weighted by Crippen LogP contribution is -2.53. The quantitative estimate of drug-likeness (QED) is 0.621. The second-order valence-corrected chi connectivity index (χ2v) is 5.37. The molecule has 2 heterocycles. The van der Waals surface area contributed by atoms with Crippen molar-refractivity contribution in [1.29, 1.82) is 0 Å². The summed E-state index contributed by atoms with van der Waals surface area (Å²) in [6.07, 6.45) is 4.26. The van der Waals surface area contributed by atoms with Crippen molar-refractivity contribution in [3.63, 3.8) is 0 Å². The lowest BCUT2D eigenvalue weighted by Gasteiger charge is -2.41. The zero-order chi connectivity index (χ0) is 15.5. The third-order valence-electron chi connectivity index (χ3n) is 3.91. The van der Waals surface area contributed by atoms with E-state index < -0.39 is 4.92 Å². The van der Waals surface area contributed by atoms with Crippen molar-refractivity contribution in [2.24, 2.45) is 0 Å². The molecule has 0 radical (unpaired) electrons. The summed E-state index contributed by atoms with van der Waals surface area (Å²) in [5.41, 5.74) is 1.11. The van der Waals surface area contributed by atoms with Gasteiger partial charge in [-0.05, 0) is 18.4 Å². The van der Waals surface area contributed by atoms with Crippen molar-refractivity contribution >= 4 is 11.6 Å². The molecule has 1 unspecified atom stereocenters. The smallest absolute Gasteiger partial charge is 0.307 e. The summed E-state index contributed by atoms with van der Waals surface area (Å²) < 4.78 is 1.32. The van der Waals surface area contributed by atoms with Gasteiger partial charge in [-0.15, -0.1) is 0 Å². The highest BCUT2D eigenvalue weighted by Gasteiger charge is 2.32. The lowest BCUT2D eigenvalue weighted by molar-refractivity contribution is -0.385. The number of likely N-dealkylation sites (tertiary alicyclic amines) is 1. The van der Waals surface area contributed by atoms with Crippen LogP contribution in [0.2, 0.25) is 0 Å². The molecule has 7 heteroatoms. The number of hydrogen-bond donors (Lipinski definition) is 0. The zero-order valence-corrected chi connectivity index (χ0v) is 12.0. The van der Waals surface area contributed by atoms with Crippen LogP contribution >= 0.6 is 0 Å². The topological polar surface area (TPSA) is 81.3 Å². The molecule has 3 rings (SSSR count). The minimum absolute atomic E-state index is 0.0408. The van der Waals surface area contributed by atoms with Gasteiger partial charge in [0.25, 0.3) is 0 Å². The minimum Gasteiger partial charge on any atom is -0.338 e. The fourth-order valence-electron chi connectivity index (χ4n) is 2.63. The van der Waals surface area contributed by atoms with E-state index in [2.05, 4.69) is 17.2 Å². The van der Waals surface area contributed by atoms with Gasteiger partial charge in [0.05, 0.1) is 4.92 Å². The van der Waals surface area contributed by atoms with Crippen LogP contribution in [0, 0.1) is 10.1 Å². The summed E-state index contributed by atoms with van der Waals surface area (Å²) in [5, 5.41) is 14.5. The molecular formula is C15H16N4O3. The monoisotopic (exact) mass is 300 g/mol. The highest BCUT2D eigenvalue weighted by Crippen LogP contribution is 2.22. The first-order chi connectivity index (χ1) is 10.6. The molecule has 1 saturated heterocycles. The number of benzene rings is 1. The molecule has 1 aliphatic rings. The second-order valence-electron chi connectivity index (χ2n) is 5.37. The van der Waals surface area contributed by atoms with Crippen LogP contribution in [0.5, 0.6) is 0 Å². The molecule has 1 amide bonds. The van der Waals surface area contributed by atoms with E-state index in [-0.39, 0.29) is 24.2 Å². The fraction of sp³-hybridized carbons (Fsp3) is 0.333. The second kappa shape index (κ2) is 5.97. The van der Waals surface area contributed by atoms with E-state index in [0.29, 0.717) is 0 Å². The molecule has 1 fully saturated rings. The van der Waals surface area contributed by atoms with E-state index in [1.54, 1.807) is 0 Å². The Hall–Kier alpha value is -2.70. The van der Waals surface area contributed by atoms with Crippen LogP contribution in [0.3, 0.4) is 0 Å². The third-order valence-corrected chi connectivity index (χ3v) is 3.91. The van der Waals surface area contributed by atoms with E-state index in [1.165, 1.54) is 16.4 Å². The number of carbonyl (C=O) groups excluding carboxylic acids is 1. The molecule has 1 atom stereocenters. The number of hydrogen-bond acceptors (Lipinski definition) is 4. The van der Waals surface area contributed by atoms with Gasteiger partial charge in [-0.1, -0.05) is 30.3 Å². The maximum absolute atomic E-state index is 12.3. The molecule has 0 bridgehead atoms. The van der Waals surface area contributed by atoms with Crippen LogP contribution in [0.4, 0.5) is 5.69 Å². The number of amides is 1. The van der Waals surface area contributed by atoms with Crippen molar-refractivity contribution in [3.8, 4) is 0 Å². The van der Waals surface area contributed by atoms with Crippen LogP contribution in [-0.2, 0) is 17.8 Å². The van der Waals surface area contributed by atoms with Gasteiger partial charge in [0.15, 0.2) is 0 Å². The Morgan fingerprint density at radius 3 is 2.73 bits per heavy atom. The molecule has 7 nitrogen and oxygen atoms in total. The van der Waals surface area contributed by atoms with E-state index in [4.69, 9.17) is 0 Å². The first-order valence-electron chi connectivity index (χ1n) is 7.14. The summed E-state index contributed by atoms with van der Waals surface area (Å²) in [5.74, 6) is -0.0508. The van der Waals surface area contributed by atoms with Gasteiger partial charge >= 0.3 is 5.69 Å². The molecule has 22 heavy (non-hydrogen) atoms. The summed E-state index contributed by atoms with van der Waals surface area (Å²) >= 11 is 0. The van der Waals surface area contributed by atoms with Gasteiger partial charge in [0, 0.05) is 12.6 Å². The minimum atomic E-state index is -0.518. The van der Waals surface area contributed by atoms with Gasteiger partial charge in [0.2, 0.25) is 5.91 Å². The number of carbonyl (C=O) groups is 1. The number of rotatable bonds is 5. The Morgan fingerprint density at radius 2 is 2.14 bits per heavy atom. The third kappa shape index (κ3) is 2.98. The molecule has 114 valence electrons. The summed E-state index contributed by atoms with van der Waals surface area (Å²) in [6, 6.07) is 10.3. The van der Waals surface area contributed by atoms with Gasteiger partial charge in [-0.2, -0.15) is 5.10 Å². The largest absolute Gasteiger partial charge is 0.338 e.